The molecule has 2 nitrogen and oxygen atoms in total. The minimum Gasteiger partial charge on any atom is -0.493 e. The first-order valence-corrected chi connectivity index (χ1v) is 4.90. The van der Waals surface area contributed by atoms with Crippen LogP contribution in [0.2, 0.25) is 0 Å². The molecule has 0 radical (unpaired) electrons. The normalized spacial score (nSPS) is 13.9. The summed E-state index contributed by atoms with van der Waals surface area (Å²) in [5.74, 6) is 0.566. The molecular weight excluding hydrogens is 181 g/mol. The van der Waals surface area contributed by atoms with Crippen molar-refractivity contribution >= 4 is 0 Å². The molecule has 0 amide bonds. The van der Waals surface area contributed by atoms with Gasteiger partial charge in [-0.3, -0.25) is 0 Å². The Morgan fingerprint density at radius 1 is 1.50 bits per heavy atom. The fourth-order valence-corrected chi connectivity index (χ4v) is 1.70. The molecule has 0 spiro atoms. The molecule has 0 aromatic heterocycles. The van der Waals surface area contributed by atoms with E-state index >= 15 is 0 Å². The second kappa shape index (κ2) is 3.96. The van der Waals surface area contributed by atoms with E-state index in [0.717, 1.165) is 36.3 Å². The molecule has 1 aliphatic heterocycles. The van der Waals surface area contributed by atoms with E-state index in [0.29, 0.717) is 6.61 Å². The van der Waals surface area contributed by atoms with Crippen LogP contribution in [0.4, 0.5) is 4.39 Å². The average molecular weight is 195 g/mol. The van der Waals surface area contributed by atoms with E-state index in [1.165, 1.54) is 6.07 Å². The number of fused-ring (bicyclic) bond motifs is 1. The molecule has 0 aliphatic carbocycles. The molecule has 0 fully saturated rings. The zero-order chi connectivity index (χ0) is 9.97. The summed E-state index contributed by atoms with van der Waals surface area (Å²) in [5, 5.41) is 3.01. The monoisotopic (exact) mass is 195 g/mol. The van der Waals surface area contributed by atoms with Gasteiger partial charge in [-0.05, 0) is 37.2 Å². The molecule has 0 bridgehead atoms. The summed E-state index contributed by atoms with van der Waals surface area (Å²) >= 11 is 0. The summed E-state index contributed by atoms with van der Waals surface area (Å²) in [5.41, 5.74) is 1.92. The van der Waals surface area contributed by atoms with Gasteiger partial charge in [0.2, 0.25) is 0 Å². The first kappa shape index (κ1) is 9.46. The van der Waals surface area contributed by atoms with Crippen LogP contribution in [0.3, 0.4) is 0 Å². The van der Waals surface area contributed by atoms with Crippen LogP contribution < -0.4 is 10.1 Å². The van der Waals surface area contributed by atoms with Crippen LogP contribution in [-0.4, -0.2) is 20.2 Å². The predicted octanol–water partition coefficient (Wildman–Crippen LogP) is 1.52. The van der Waals surface area contributed by atoms with Gasteiger partial charge in [-0.15, -0.1) is 0 Å². The van der Waals surface area contributed by atoms with Crippen LogP contribution in [0.5, 0.6) is 5.75 Å². The zero-order valence-electron chi connectivity index (χ0n) is 8.27. The number of rotatable bonds is 3. The number of hydrogen-bond acceptors (Lipinski definition) is 2. The molecular formula is C11H14FNO. The van der Waals surface area contributed by atoms with E-state index in [1.54, 1.807) is 0 Å². The minimum atomic E-state index is -0.152. The Kier molecular flexibility index (Phi) is 2.68. The summed E-state index contributed by atoms with van der Waals surface area (Å²) in [6, 6.07) is 3.43. The standard InChI is InChI=1S/C11H14FNO/c1-13-4-2-8-6-9-3-5-14-11(9)7-10(8)12/h6-7,13H,2-5H2,1H3. The van der Waals surface area contributed by atoms with Crippen molar-refractivity contribution in [3.8, 4) is 5.75 Å². The molecule has 0 saturated heterocycles. The van der Waals surface area contributed by atoms with Crippen molar-refractivity contribution in [3.63, 3.8) is 0 Å². The lowest BCUT2D eigenvalue weighted by Crippen LogP contribution is -2.11. The quantitative estimate of drug-likeness (QED) is 0.789. The maximum absolute atomic E-state index is 13.5. The lowest BCUT2D eigenvalue weighted by molar-refractivity contribution is 0.355. The lowest BCUT2D eigenvalue weighted by Gasteiger charge is -2.05. The average Bonchev–Trinajstić information content (AvgIpc) is 2.61. The van der Waals surface area contributed by atoms with Crippen LogP contribution in [-0.2, 0) is 12.8 Å². The summed E-state index contributed by atoms with van der Waals surface area (Å²) in [4.78, 5) is 0. The molecule has 1 aromatic rings. The molecule has 1 aliphatic rings. The van der Waals surface area contributed by atoms with E-state index in [1.807, 2.05) is 13.1 Å². The van der Waals surface area contributed by atoms with Crippen LogP contribution in [0.15, 0.2) is 12.1 Å². The van der Waals surface area contributed by atoms with Gasteiger partial charge in [-0.1, -0.05) is 0 Å². The third-order valence-electron chi connectivity index (χ3n) is 2.50. The fraction of sp³-hybridized carbons (Fsp3) is 0.455. The predicted molar refractivity (Wildman–Crippen MR) is 53.2 cm³/mol. The first-order chi connectivity index (χ1) is 6.81. The number of hydrogen-bond donors (Lipinski definition) is 1. The Labute approximate surface area is 83.1 Å². The molecule has 3 heteroatoms. The highest BCUT2D eigenvalue weighted by atomic mass is 19.1. The van der Waals surface area contributed by atoms with Gasteiger partial charge in [0, 0.05) is 12.5 Å². The van der Waals surface area contributed by atoms with Gasteiger partial charge in [0.25, 0.3) is 0 Å². The van der Waals surface area contributed by atoms with E-state index in [-0.39, 0.29) is 5.82 Å². The smallest absolute Gasteiger partial charge is 0.130 e. The van der Waals surface area contributed by atoms with Crippen molar-refractivity contribution < 1.29 is 9.13 Å². The molecule has 0 saturated carbocycles. The third kappa shape index (κ3) is 1.73. The molecule has 1 heterocycles. The summed E-state index contributed by atoms with van der Waals surface area (Å²) in [7, 11) is 1.87. The lowest BCUT2D eigenvalue weighted by atomic mass is 10.1. The van der Waals surface area contributed by atoms with Crippen molar-refractivity contribution in [1.82, 2.24) is 5.32 Å². The van der Waals surface area contributed by atoms with E-state index < -0.39 is 0 Å². The topological polar surface area (TPSA) is 21.3 Å². The van der Waals surface area contributed by atoms with Gasteiger partial charge in [-0.25, -0.2) is 4.39 Å². The Bertz CT molecular complexity index is 338. The molecule has 1 N–H and O–H groups in total. The molecule has 2 rings (SSSR count). The largest absolute Gasteiger partial charge is 0.493 e. The van der Waals surface area contributed by atoms with E-state index in [2.05, 4.69) is 5.32 Å². The molecule has 1 aromatic carbocycles. The number of ether oxygens (including phenoxy) is 1. The Balaban J connectivity index is 2.23. The van der Waals surface area contributed by atoms with Gasteiger partial charge >= 0.3 is 0 Å². The van der Waals surface area contributed by atoms with E-state index in [9.17, 15) is 4.39 Å². The van der Waals surface area contributed by atoms with Crippen molar-refractivity contribution in [3.05, 3.63) is 29.1 Å². The summed E-state index contributed by atoms with van der Waals surface area (Å²) in [6.45, 7) is 1.49. The van der Waals surface area contributed by atoms with Crippen LogP contribution in [0.25, 0.3) is 0 Å². The number of halogens is 1. The minimum absolute atomic E-state index is 0.152. The number of likely N-dealkylation sites (N-methyl/N-ethyl adjacent to an activating group) is 1. The van der Waals surface area contributed by atoms with Crippen LogP contribution >= 0.6 is 0 Å². The molecule has 0 atom stereocenters. The second-order valence-electron chi connectivity index (χ2n) is 3.50. The van der Waals surface area contributed by atoms with E-state index in [4.69, 9.17) is 4.74 Å². The van der Waals surface area contributed by atoms with Gasteiger partial charge in [0.05, 0.1) is 6.61 Å². The van der Waals surface area contributed by atoms with Gasteiger partial charge in [0.15, 0.2) is 0 Å². The van der Waals surface area contributed by atoms with Crippen molar-refractivity contribution in [2.24, 2.45) is 0 Å². The maximum Gasteiger partial charge on any atom is 0.130 e. The van der Waals surface area contributed by atoms with Crippen molar-refractivity contribution in [2.45, 2.75) is 12.8 Å². The van der Waals surface area contributed by atoms with Gasteiger partial charge < -0.3 is 10.1 Å². The number of nitrogens with one attached hydrogen (secondary N) is 1. The maximum atomic E-state index is 13.5. The Hall–Kier alpha value is -1.09. The highest BCUT2D eigenvalue weighted by Gasteiger charge is 2.15. The number of benzene rings is 1. The third-order valence-corrected chi connectivity index (χ3v) is 2.50. The van der Waals surface area contributed by atoms with Crippen molar-refractivity contribution in [2.75, 3.05) is 20.2 Å². The first-order valence-electron chi connectivity index (χ1n) is 4.90. The van der Waals surface area contributed by atoms with Crippen molar-refractivity contribution in [1.29, 1.82) is 0 Å². The van der Waals surface area contributed by atoms with Gasteiger partial charge in [0.1, 0.15) is 11.6 Å². The highest BCUT2D eigenvalue weighted by molar-refractivity contribution is 5.40. The molecule has 0 unspecified atom stereocenters. The Morgan fingerprint density at radius 3 is 3.14 bits per heavy atom. The Morgan fingerprint density at radius 2 is 2.36 bits per heavy atom. The van der Waals surface area contributed by atoms with Crippen LogP contribution in [0, 0.1) is 5.82 Å². The van der Waals surface area contributed by atoms with Crippen LogP contribution in [0.1, 0.15) is 11.1 Å². The summed E-state index contributed by atoms with van der Waals surface area (Å²) in [6.07, 6.45) is 1.64. The summed E-state index contributed by atoms with van der Waals surface area (Å²) < 4.78 is 18.7. The zero-order valence-corrected chi connectivity index (χ0v) is 8.27. The highest BCUT2D eigenvalue weighted by Crippen LogP contribution is 2.28. The second-order valence-corrected chi connectivity index (χ2v) is 3.50. The SMILES string of the molecule is CNCCc1cc2c(cc1F)OCC2. The van der Waals surface area contributed by atoms with Gasteiger partial charge in [-0.2, -0.15) is 0 Å². The molecule has 14 heavy (non-hydrogen) atoms. The molecule has 76 valence electrons. The fourth-order valence-electron chi connectivity index (χ4n) is 1.70.